The van der Waals surface area contributed by atoms with Crippen molar-refractivity contribution in [3.8, 4) is 5.75 Å². The number of aromatic hydroxyl groups is 1. The molecule has 0 radical (unpaired) electrons. The summed E-state index contributed by atoms with van der Waals surface area (Å²) in [5, 5.41) is 39.4. The molecule has 0 aromatic heterocycles. The fourth-order valence-corrected chi connectivity index (χ4v) is 2.72. The Hall–Kier alpha value is -2.07. The van der Waals surface area contributed by atoms with Gasteiger partial charge in [-0.1, -0.05) is 48.0 Å². The number of phenolic OH excluding ortho intramolecular Hbond substituents is 1. The Kier molecular flexibility index (Phi) is 7.26. The zero-order chi connectivity index (χ0) is 18.2. The minimum absolute atomic E-state index is 0.0360. The Morgan fingerprint density at radius 3 is 2.44 bits per heavy atom. The normalized spacial score (nSPS) is 13.0. The summed E-state index contributed by atoms with van der Waals surface area (Å²) in [4.78, 5) is 0. The molecule has 0 saturated heterocycles. The van der Waals surface area contributed by atoms with Crippen LogP contribution in [-0.2, 0) is 0 Å². The Bertz CT molecular complexity index is 752. The average molecular weight is 361 g/mol. The van der Waals surface area contributed by atoms with Crippen LogP contribution in [-0.4, -0.2) is 27.0 Å². The second kappa shape index (κ2) is 9.42. The molecule has 0 bridgehead atoms. The molecule has 0 unspecified atom stereocenters. The highest BCUT2D eigenvalue weighted by atomic mass is 35.5. The molecular weight excluding hydrogens is 340 g/mol. The van der Waals surface area contributed by atoms with Gasteiger partial charge in [-0.15, -0.1) is 5.73 Å². The molecule has 2 rings (SSSR count). The lowest BCUT2D eigenvalue weighted by Crippen LogP contribution is -2.01. The fourth-order valence-electron chi connectivity index (χ4n) is 2.42. The number of aliphatic hydroxyl groups is 3. The van der Waals surface area contributed by atoms with Gasteiger partial charge in [-0.05, 0) is 34.9 Å². The van der Waals surface area contributed by atoms with Crippen molar-refractivity contribution in [1.82, 2.24) is 0 Å². The van der Waals surface area contributed by atoms with Crippen molar-refractivity contribution in [2.75, 3.05) is 6.61 Å². The number of aliphatic hydroxyl groups excluding tert-OH is 3. The third-order valence-corrected chi connectivity index (χ3v) is 4.13. The number of rotatable bonds is 7. The summed E-state index contributed by atoms with van der Waals surface area (Å²) in [7, 11) is 0. The topological polar surface area (TPSA) is 80.9 Å². The number of halogens is 1. The highest BCUT2D eigenvalue weighted by Crippen LogP contribution is 2.28. The van der Waals surface area contributed by atoms with E-state index >= 15 is 0 Å². The molecule has 0 heterocycles. The molecule has 2 aromatic carbocycles. The maximum Gasteiger partial charge on any atom is 0.117 e. The molecule has 0 fully saturated rings. The fraction of sp³-hybridized carbons (Fsp3) is 0.250. The van der Waals surface area contributed by atoms with Gasteiger partial charge in [0.25, 0.3) is 0 Å². The van der Waals surface area contributed by atoms with Crippen LogP contribution in [0, 0.1) is 0 Å². The van der Waals surface area contributed by atoms with Crippen LogP contribution in [0.5, 0.6) is 5.75 Å². The summed E-state index contributed by atoms with van der Waals surface area (Å²) in [6, 6.07) is 13.6. The van der Waals surface area contributed by atoms with Crippen molar-refractivity contribution in [2.45, 2.75) is 25.0 Å². The second-order valence-electron chi connectivity index (χ2n) is 5.70. The molecular formula is C20H21ClO4. The lowest BCUT2D eigenvalue weighted by molar-refractivity contribution is 0.172. The molecule has 0 spiro atoms. The van der Waals surface area contributed by atoms with Crippen LogP contribution in [0.1, 0.15) is 36.2 Å². The van der Waals surface area contributed by atoms with E-state index in [0.717, 1.165) is 5.56 Å². The van der Waals surface area contributed by atoms with Crippen LogP contribution in [0.4, 0.5) is 0 Å². The third kappa shape index (κ3) is 5.75. The van der Waals surface area contributed by atoms with E-state index in [9.17, 15) is 20.4 Å². The molecule has 0 aliphatic rings. The molecule has 5 heteroatoms. The van der Waals surface area contributed by atoms with Gasteiger partial charge >= 0.3 is 0 Å². The highest BCUT2D eigenvalue weighted by molar-refractivity contribution is 6.31. The van der Waals surface area contributed by atoms with Crippen molar-refractivity contribution in [1.29, 1.82) is 0 Å². The molecule has 2 aromatic rings. The third-order valence-electron chi connectivity index (χ3n) is 3.81. The van der Waals surface area contributed by atoms with Crippen LogP contribution < -0.4 is 0 Å². The quantitative estimate of drug-likeness (QED) is 0.568. The summed E-state index contributed by atoms with van der Waals surface area (Å²) in [5.74, 6) is 0.0360. The summed E-state index contributed by atoms with van der Waals surface area (Å²) in [6.07, 6.45) is 0.542. The predicted molar refractivity (Wildman–Crippen MR) is 97.4 cm³/mol. The number of phenols is 1. The lowest BCUT2D eigenvalue weighted by atomic mass is 10.0. The van der Waals surface area contributed by atoms with Crippen molar-refractivity contribution in [3.05, 3.63) is 82.1 Å². The van der Waals surface area contributed by atoms with E-state index in [2.05, 4.69) is 5.73 Å². The lowest BCUT2D eigenvalue weighted by Gasteiger charge is -2.11. The Balaban J connectivity index is 2.03. The zero-order valence-corrected chi connectivity index (χ0v) is 14.4. The molecule has 132 valence electrons. The molecule has 4 N–H and O–H groups in total. The first kappa shape index (κ1) is 19.3. The monoisotopic (exact) mass is 360 g/mol. The van der Waals surface area contributed by atoms with Crippen molar-refractivity contribution in [2.24, 2.45) is 0 Å². The number of benzene rings is 2. The van der Waals surface area contributed by atoms with E-state index in [1.165, 1.54) is 12.1 Å². The van der Waals surface area contributed by atoms with Gasteiger partial charge in [-0.3, -0.25) is 0 Å². The maximum atomic E-state index is 10.2. The summed E-state index contributed by atoms with van der Waals surface area (Å²) >= 11 is 6.00. The molecule has 0 saturated carbocycles. The van der Waals surface area contributed by atoms with E-state index in [-0.39, 0.29) is 30.2 Å². The average Bonchev–Trinajstić information content (AvgIpc) is 2.61. The van der Waals surface area contributed by atoms with Gasteiger partial charge in [0.15, 0.2) is 0 Å². The van der Waals surface area contributed by atoms with Crippen molar-refractivity contribution in [3.63, 3.8) is 0 Å². The molecule has 25 heavy (non-hydrogen) atoms. The largest absolute Gasteiger partial charge is 0.508 e. The molecule has 0 aliphatic carbocycles. The van der Waals surface area contributed by atoms with Gasteiger partial charge in [0.2, 0.25) is 0 Å². The van der Waals surface area contributed by atoms with Crippen LogP contribution >= 0.6 is 11.6 Å². The van der Waals surface area contributed by atoms with E-state index < -0.39 is 12.2 Å². The minimum atomic E-state index is -0.848. The van der Waals surface area contributed by atoms with Crippen LogP contribution in [0.25, 0.3) is 0 Å². The van der Waals surface area contributed by atoms with E-state index in [1.54, 1.807) is 12.1 Å². The summed E-state index contributed by atoms with van der Waals surface area (Å²) in [6.45, 7) is -0.226. The molecule has 0 amide bonds. The Morgan fingerprint density at radius 2 is 1.80 bits per heavy atom. The van der Waals surface area contributed by atoms with Crippen LogP contribution in [0.3, 0.4) is 0 Å². The van der Waals surface area contributed by atoms with Gasteiger partial charge in [0.1, 0.15) is 5.75 Å². The smallest absolute Gasteiger partial charge is 0.117 e. The predicted octanol–water partition coefficient (Wildman–Crippen LogP) is 3.67. The molecule has 2 atom stereocenters. The maximum absolute atomic E-state index is 10.2. The molecule has 0 aliphatic heterocycles. The van der Waals surface area contributed by atoms with E-state index in [0.29, 0.717) is 11.1 Å². The summed E-state index contributed by atoms with van der Waals surface area (Å²) < 4.78 is 0. The van der Waals surface area contributed by atoms with Crippen LogP contribution in [0.2, 0.25) is 5.02 Å². The standard InChI is InChI=1S/C20H21ClO4/c21-18-12-16(23)9-10-17(18)19(24)8-4-5-14(13-22)11-20(25)15-6-2-1-3-7-15/h1-4,6-7,9-10,12,19-20,22-25H,8,11,13H2/t5?,19-,20-/m1/s1. The Labute approximate surface area is 152 Å². The zero-order valence-electron chi connectivity index (χ0n) is 13.6. The highest BCUT2D eigenvalue weighted by Gasteiger charge is 2.11. The summed E-state index contributed by atoms with van der Waals surface area (Å²) in [5.41, 5.74) is 4.75. The first-order valence-electron chi connectivity index (χ1n) is 7.94. The van der Waals surface area contributed by atoms with Crippen molar-refractivity contribution >= 4 is 11.6 Å². The van der Waals surface area contributed by atoms with E-state index in [4.69, 9.17) is 11.6 Å². The minimum Gasteiger partial charge on any atom is -0.508 e. The van der Waals surface area contributed by atoms with Crippen molar-refractivity contribution < 1.29 is 20.4 Å². The number of hydrogen-bond donors (Lipinski definition) is 4. The van der Waals surface area contributed by atoms with E-state index in [1.807, 2.05) is 30.3 Å². The second-order valence-corrected chi connectivity index (χ2v) is 6.11. The van der Waals surface area contributed by atoms with Gasteiger partial charge in [-0.25, -0.2) is 0 Å². The first-order chi connectivity index (χ1) is 12.0. The SMILES string of the molecule is OCC(=C=CC[C@@H](O)c1ccc(O)cc1Cl)C[C@@H](O)c1ccccc1. The number of hydrogen-bond acceptors (Lipinski definition) is 4. The molecule has 4 nitrogen and oxygen atoms in total. The van der Waals surface area contributed by atoms with Gasteiger partial charge in [-0.2, -0.15) is 0 Å². The van der Waals surface area contributed by atoms with Gasteiger partial charge < -0.3 is 20.4 Å². The van der Waals surface area contributed by atoms with Gasteiger partial charge in [0, 0.05) is 12.8 Å². The Morgan fingerprint density at radius 1 is 1.08 bits per heavy atom. The first-order valence-corrected chi connectivity index (χ1v) is 8.32. The van der Waals surface area contributed by atoms with Crippen LogP contribution in [0.15, 0.2) is 65.9 Å². The van der Waals surface area contributed by atoms with Gasteiger partial charge in [0.05, 0.1) is 23.8 Å².